The number of hydrogen-bond donors (Lipinski definition) is 3. The van der Waals surface area contributed by atoms with E-state index in [9.17, 15) is 14.4 Å². The highest BCUT2D eigenvalue weighted by molar-refractivity contribution is 9.10. The van der Waals surface area contributed by atoms with E-state index in [4.69, 9.17) is 5.11 Å². The summed E-state index contributed by atoms with van der Waals surface area (Å²) >= 11 is 3.31. The fourth-order valence-corrected chi connectivity index (χ4v) is 1.51. The number of carbonyl (C=O) groups is 3. The number of hydrogen-bond acceptors (Lipinski definition) is 3. The van der Waals surface area contributed by atoms with Crippen LogP contribution in [0.2, 0.25) is 0 Å². The second kappa shape index (κ2) is 6.69. The number of aryl methyl sites for hydroxylation is 1. The van der Waals surface area contributed by atoms with Gasteiger partial charge in [-0.05, 0) is 24.6 Å². The maximum absolute atomic E-state index is 11.4. The van der Waals surface area contributed by atoms with Crippen molar-refractivity contribution in [3.05, 3.63) is 40.4 Å². The molecule has 3 amide bonds. The topological polar surface area (TPSA) is 95.5 Å². The molecular weight excluding hydrogens is 316 g/mol. The SMILES string of the molecule is Cc1ccc(NC(=O)NC(=O)C=CC(=O)O)cc1Br. The van der Waals surface area contributed by atoms with Crippen molar-refractivity contribution in [2.24, 2.45) is 0 Å². The van der Waals surface area contributed by atoms with E-state index < -0.39 is 17.9 Å². The molecule has 0 aliphatic carbocycles. The van der Waals surface area contributed by atoms with E-state index in [1.807, 2.05) is 12.2 Å². The normalized spacial score (nSPS) is 10.2. The van der Waals surface area contributed by atoms with Crippen LogP contribution in [0.15, 0.2) is 34.8 Å². The largest absolute Gasteiger partial charge is 0.478 e. The van der Waals surface area contributed by atoms with Crippen LogP contribution in [0.5, 0.6) is 0 Å². The zero-order valence-electron chi connectivity index (χ0n) is 9.94. The van der Waals surface area contributed by atoms with Gasteiger partial charge in [-0.25, -0.2) is 9.59 Å². The van der Waals surface area contributed by atoms with E-state index in [1.54, 1.807) is 18.2 Å². The fourth-order valence-electron chi connectivity index (χ4n) is 1.13. The first-order valence-electron chi connectivity index (χ1n) is 5.17. The van der Waals surface area contributed by atoms with Gasteiger partial charge < -0.3 is 10.4 Å². The molecule has 7 heteroatoms. The average molecular weight is 327 g/mol. The molecule has 1 rings (SSSR count). The van der Waals surface area contributed by atoms with E-state index in [0.717, 1.165) is 16.1 Å². The molecule has 100 valence electrons. The molecule has 0 aliphatic heterocycles. The number of carboxylic acid groups (broad SMARTS) is 1. The minimum Gasteiger partial charge on any atom is -0.478 e. The van der Waals surface area contributed by atoms with Crippen molar-refractivity contribution in [3.63, 3.8) is 0 Å². The maximum atomic E-state index is 11.4. The Morgan fingerprint density at radius 3 is 2.53 bits per heavy atom. The van der Waals surface area contributed by atoms with Crippen molar-refractivity contribution in [2.45, 2.75) is 6.92 Å². The third kappa shape index (κ3) is 5.35. The monoisotopic (exact) mass is 326 g/mol. The lowest BCUT2D eigenvalue weighted by Gasteiger charge is -2.06. The van der Waals surface area contributed by atoms with Gasteiger partial charge in [0, 0.05) is 22.3 Å². The molecule has 0 heterocycles. The number of nitrogens with one attached hydrogen (secondary N) is 2. The van der Waals surface area contributed by atoms with Crippen molar-refractivity contribution in [1.29, 1.82) is 0 Å². The fraction of sp³-hybridized carbons (Fsp3) is 0.0833. The standard InChI is InChI=1S/C12H11BrN2O4/c1-7-2-3-8(6-9(7)13)14-12(19)15-10(16)4-5-11(17)18/h2-6H,1H3,(H,17,18)(H2,14,15,16,19). The first-order chi connectivity index (χ1) is 8.88. The quantitative estimate of drug-likeness (QED) is 0.741. The van der Waals surface area contributed by atoms with Gasteiger partial charge in [0.2, 0.25) is 0 Å². The van der Waals surface area contributed by atoms with Gasteiger partial charge in [0.25, 0.3) is 5.91 Å². The number of urea groups is 1. The molecule has 3 N–H and O–H groups in total. The zero-order valence-corrected chi connectivity index (χ0v) is 11.5. The van der Waals surface area contributed by atoms with Crippen LogP contribution in [0.25, 0.3) is 0 Å². The Hall–Kier alpha value is -2.15. The summed E-state index contributed by atoms with van der Waals surface area (Å²) in [5.74, 6) is -2.08. The number of carbonyl (C=O) groups excluding carboxylic acids is 2. The lowest BCUT2D eigenvalue weighted by molar-refractivity contribution is -0.131. The number of benzene rings is 1. The Labute approximate surface area is 117 Å². The molecule has 6 nitrogen and oxygen atoms in total. The van der Waals surface area contributed by atoms with Crippen LogP contribution in [-0.2, 0) is 9.59 Å². The Kier molecular flexibility index (Phi) is 5.25. The number of rotatable bonds is 3. The third-order valence-corrected chi connectivity index (χ3v) is 2.90. The number of aliphatic carboxylic acids is 1. The van der Waals surface area contributed by atoms with Crippen LogP contribution in [0.3, 0.4) is 0 Å². The minimum absolute atomic E-state index is 0.505. The highest BCUT2D eigenvalue weighted by Gasteiger charge is 2.06. The second-order valence-corrected chi connectivity index (χ2v) is 4.43. The Balaban J connectivity index is 2.58. The number of carboxylic acids is 1. The molecule has 1 aromatic carbocycles. The molecule has 0 radical (unpaired) electrons. The van der Waals surface area contributed by atoms with Crippen molar-refractivity contribution in [2.75, 3.05) is 5.32 Å². The third-order valence-electron chi connectivity index (χ3n) is 2.04. The van der Waals surface area contributed by atoms with Crippen molar-refractivity contribution in [1.82, 2.24) is 5.32 Å². The summed E-state index contributed by atoms with van der Waals surface area (Å²) in [5, 5.41) is 12.7. The summed E-state index contributed by atoms with van der Waals surface area (Å²) in [6.07, 6.45) is 1.40. The van der Waals surface area contributed by atoms with Crippen molar-refractivity contribution >= 4 is 39.5 Å². The van der Waals surface area contributed by atoms with Crippen LogP contribution < -0.4 is 10.6 Å². The summed E-state index contributed by atoms with van der Waals surface area (Å²) in [4.78, 5) is 32.7. The molecule has 19 heavy (non-hydrogen) atoms. The summed E-state index contributed by atoms with van der Waals surface area (Å²) in [6.45, 7) is 1.90. The van der Waals surface area contributed by atoms with Gasteiger partial charge in [-0.3, -0.25) is 10.1 Å². The number of halogens is 1. The first-order valence-corrected chi connectivity index (χ1v) is 5.97. The lowest BCUT2D eigenvalue weighted by Crippen LogP contribution is -2.33. The average Bonchev–Trinajstić information content (AvgIpc) is 2.31. The van der Waals surface area contributed by atoms with Gasteiger partial charge in [-0.2, -0.15) is 0 Å². The smallest absolute Gasteiger partial charge is 0.328 e. The predicted molar refractivity (Wildman–Crippen MR) is 72.8 cm³/mol. The van der Waals surface area contributed by atoms with Gasteiger partial charge in [0.15, 0.2) is 0 Å². The highest BCUT2D eigenvalue weighted by Crippen LogP contribution is 2.20. The second-order valence-electron chi connectivity index (χ2n) is 3.58. The Morgan fingerprint density at radius 2 is 1.95 bits per heavy atom. The van der Waals surface area contributed by atoms with E-state index in [-0.39, 0.29) is 0 Å². The molecule has 0 unspecified atom stereocenters. The maximum Gasteiger partial charge on any atom is 0.328 e. The summed E-state index contributed by atoms with van der Waals surface area (Å²) < 4.78 is 0.822. The van der Waals surface area contributed by atoms with Crippen molar-refractivity contribution < 1.29 is 19.5 Å². The Morgan fingerprint density at radius 1 is 1.26 bits per heavy atom. The van der Waals surface area contributed by atoms with E-state index >= 15 is 0 Å². The molecule has 0 atom stereocenters. The van der Waals surface area contributed by atoms with Gasteiger partial charge >= 0.3 is 12.0 Å². The molecule has 0 aliphatic rings. The van der Waals surface area contributed by atoms with Crippen LogP contribution in [0.4, 0.5) is 10.5 Å². The van der Waals surface area contributed by atoms with E-state index in [1.165, 1.54) is 0 Å². The lowest BCUT2D eigenvalue weighted by atomic mass is 10.2. The van der Waals surface area contributed by atoms with E-state index in [0.29, 0.717) is 11.8 Å². The van der Waals surface area contributed by atoms with Crippen LogP contribution in [-0.4, -0.2) is 23.0 Å². The van der Waals surface area contributed by atoms with Crippen molar-refractivity contribution in [3.8, 4) is 0 Å². The summed E-state index contributed by atoms with van der Waals surface area (Å²) in [7, 11) is 0. The van der Waals surface area contributed by atoms with Crippen LogP contribution in [0.1, 0.15) is 5.56 Å². The first kappa shape index (κ1) is 14.9. The Bertz CT molecular complexity index is 555. The minimum atomic E-state index is -1.27. The van der Waals surface area contributed by atoms with Crippen LogP contribution in [0, 0.1) is 6.92 Å². The predicted octanol–water partition coefficient (Wildman–Crippen LogP) is 2.05. The number of imide groups is 1. The molecule has 0 saturated carbocycles. The molecular formula is C12H11BrN2O4. The molecule has 1 aromatic rings. The van der Waals surface area contributed by atoms with Gasteiger partial charge in [0.1, 0.15) is 0 Å². The summed E-state index contributed by atoms with van der Waals surface area (Å²) in [6, 6.07) is 4.42. The van der Waals surface area contributed by atoms with Gasteiger partial charge in [-0.1, -0.05) is 22.0 Å². The molecule has 0 fully saturated rings. The molecule has 0 bridgehead atoms. The molecule has 0 spiro atoms. The molecule has 0 saturated heterocycles. The van der Waals surface area contributed by atoms with Crippen LogP contribution >= 0.6 is 15.9 Å². The zero-order chi connectivity index (χ0) is 14.4. The molecule has 0 aromatic heterocycles. The number of anilines is 1. The van der Waals surface area contributed by atoms with E-state index in [2.05, 4.69) is 21.2 Å². The number of amides is 3. The van der Waals surface area contributed by atoms with Gasteiger partial charge in [-0.15, -0.1) is 0 Å². The summed E-state index contributed by atoms with van der Waals surface area (Å²) in [5.41, 5.74) is 1.51. The highest BCUT2D eigenvalue weighted by atomic mass is 79.9. The van der Waals surface area contributed by atoms with Gasteiger partial charge in [0.05, 0.1) is 0 Å².